The van der Waals surface area contributed by atoms with Gasteiger partial charge in [-0.25, -0.2) is 4.57 Å². The lowest BCUT2D eigenvalue weighted by atomic mass is 10.0. The molecule has 0 saturated carbocycles. The largest absolute Gasteiger partial charge is 0.472 e. The summed E-state index contributed by atoms with van der Waals surface area (Å²) >= 11 is 0. The van der Waals surface area contributed by atoms with E-state index in [0.717, 1.165) is 35.1 Å². The highest BCUT2D eigenvalue weighted by molar-refractivity contribution is 7.47. The van der Waals surface area contributed by atoms with E-state index in [1.165, 1.54) is 0 Å². The van der Waals surface area contributed by atoms with Crippen LogP contribution in [0.25, 0.3) is 5.57 Å². The molecule has 1 unspecified atom stereocenters. The van der Waals surface area contributed by atoms with Gasteiger partial charge in [-0.1, -0.05) is 48.6 Å². The molecule has 2 N–H and O–H groups in total. The van der Waals surface area contributed by atoms with Crippen LogP contribution < -0.4 is 0 Å². The summed E-state index contributed by atoms with van der Waals surface area (Å²) in [5.74, 6) is 0. The highest BCUT2D eigenvalue weighted by Crippen LogP contribution is 2.44. The smallest absolute Gasteiger partial charge is 0.392 e. The van der Waals surface area contributed by atoms with Crippen molar-refractivity contribution < 1.29 is 23.6 Å². The third kappa shape index (κ3) is 7.02. The van der Waals surface area contributed by atoms with Gasteiger partial charge in [0.25, 0.3) is 0 Å². The molecule has 1 aromatic rings. The molecular weight excluding hydrogens is 351 g/mol. The molecule has 1 aliphatic carbocycles. The lowest BCUT2D eigenvalue weighted by Crippen LogP contribution is -2.04. The van der Waals surface area contributed by atoms with Crippen LogP contribution in [0.2, 0.25) is 0 Å². The van der Waals surface area contributed by atoms with Gasteiger partial charge in [-0.05, 0) is 55.4 Å². The molecule has 0 heterocycles. The molecule has 0 amide bonds. The molecule has 1 aliphatic rings. The first-order valence-electron chi connectivity index (χ1n) is 8.83. The van der Waals surface area contributed by atoms with Crippen molar-refractivity contribution in [3.63, 3.8) is 0 Å². The van der Waals surface area contributed by atoms with Crippen molar-refractivity contribution in [3.8, 4) is 0 Å². The van der Waals surface area contributed by atoms with Crippen molar-refractivity contribution in [1.29, 1.82) is 0 Å². The van der Waals surface area contributed by atoms with E-state index >= 15 is 0 Å². The second-order valence-electron chi connectivity index (χ2n) is 6.42. The van der Waals surface area contributed by atoms with E-state index in [2.05, 4.69) is 30.3 Å². The summed E-state index contributed by atoms with van der Waals surface area (Å²) in [4.78, 5) is 9.50. The SMILES string of the molecule is CC(C)OP(=O)(O)OCCCc1ccc(C2=CCC=C(CO)C=C2)cc1. The third-order valence-electron chi connectivity index (χ3n) is 3.87. The predicted octanol–water partition coefficient (Wildman–Crippen LogP) is 4.42. The van der Waals surface area contributed by atoms with Crippen LogP contribution >= 0.6 is 7.82 Å². The Kier molecular flexibility index (Phi) is 8.01. The van der Waals surface area contributed by atoms with Gasteiger partial charge in [-0.15, -0.1) is 0 Å². The first-order chi connectivity index (χ1) is 12.4. The number of phosphoric ester groups is 1. The number of hydrogen-bond acceptors (Lipinski definition) is 4. The van der Waals surface area contributed by atoms with E-state index in [-0.39, 0.29) is 19.3 Å². The van der Waals surface area contributed by atoms with Crippen LogP contribution in [0, 0.1) is 0 Å². The molecule has 1 atom stereocenters. The van der Waals surface area contributed by atoms with Gasteiger partial charge in [0.2, 0.25) is 0 Å². The number of aliphatic hydroxyl groups is 1. The fourth-order valence-electron chi connectivity index (χ4n) is 2.62. The normalized spacial score (nSPS) is 16.8. The second kappa shape index (κ2) is 10.0. The number of hydrogen-bond donors (Lipinski definition) is 2. The number of aryl methyl sites for hydroxylation is 1. The Morgan fingerprint density at radius 2 is 1.88 bits per heavy atom. The first kappa shape index (κ1) is 20.8. The fraction of sp³-hybridized carbons (Fsp3) is 0.400. The summed E-state index contributed by atoms with van der Waals surface area (Å²) in [6.45, 7) is 3.61. The van der Waals surface area contributed by atoms with Crippen LogP contribution in [-0.4, -0.2) is 29.3 Å². The van der Waals surface area contributed by atoms with E-state index in [0.29, 0.717) is 6.42 Å². The summed E-state index contributed by atoms with van der Waals surface area (Å²) in [7, 11) is -3.95. The van der Waals surface area contributed by atoms with Crippen LogP contribution in [0.1, 0.15) is 37.8 Å². The molecule has 0 spiro atoms. The van der Waals surface area contributed by atoms with Crippen molar-refractivity contribution in [2.24, 2.45) is 0 Å². The summed E-state index contributed by atoms with van der Waals surface area (Å²) in [5.41, 5.74) is 4.32. The predicted molar refractivity (Wildman–Crippen MR) is 104 cm³/mol. The molecule has 0 fully saturated rings. The minimum Gasteiger partial charge on any atom is -0.392 e. The Hall–Kier alpha value is -1.49. The van der Waals surface area contributed by atoms with Gasteiger partial charge < -0.3 is 10.00 Å². The van der Waals surface area contributed by atoms with Crippen LogP contribution in [0.3, 0.4) is 0 Å². The van der Waals surface area contributed by atoms with Gasteiger partial charge in [0, 0.05) is 0 Å². The number of rotatable bonds is 9. The summed E-state index contributed by atoms with van der Waals surface area (Å²) in [5, 5.41) is 9.21. The molecule has 0 aromatic heterocycles. The van der Waals surface area contributed by atoms with E-state index in [1.807, 2.05) is 18.2 Å². The van der Waals surface area contributed by atoms with Crippen LogP contribution in [0.5, 0.6) is 0 Å². The number of aliphatic hydroxyl groups excluding tert-OH is 1. The maximum Gasteiger partial charge on any atom is 0.472 e. The molecule has 0 saturated heterocycles. The van der Waals surface area contributed by atoms with Gasteiger partial charge in [0.1, 0.15) is 0 Å². The Balaban J connectivity index is 1.83. The highest BCUT2D eigenvalue weighted by atomic mass is 31.2. The van der Waals surface area contributed by atoms with Gasteiger partial charge >= 0.3 is 7.82 Å². The van der Waals surface area contributed by atoms with E-state index < -0.39 is 7.82 Å². The fourth-order valence-corrected chi connectivity index (χ4v) is 3.57. The zero-order valence-electron chi connectivity index (χ0n) is 15.3. The first-order valence-corrected chi connectivity index (χ1v) is 10.3. The molecule has 0 aliphatic heterocycles. The Morgan fingerprint density at radius 1 is 1.15 bits per heavy atom. The van der Waals surface area contributed by atoms with E-state index in [9.17, 15) is 14.6 Å². The second-order valence-corrected chi connectivity index (χ2v) is 7.83. The standard InChI is InChI=1S/C20H27O5P/c1-16(2)25-26(22,23)24-14-4-6-17-8-11-20(12-9-17)19-7-3-5-18(15-21)10-13-19/h5,7-13,16,21H,3-4,6,14-15H2,1-2H3,(H,22,23). The van der Waals surface area contributed by atoms with Gasteiger partial charge in [-0.2, -0.15) is 0 Å². The average molecular weight is 378 g/mol. The van der Waals surface area contributed by atoms with Crippen molar-refractivity contribution >= 4 is 13.4 Å². The Bertz CT molecular complexity index is 716. The van der Waals surface area contributed by atoms with Gasteiger partial charge in [0.05, 0.1) is 19.3 Å². The Labute approximate surface area is 155 Å². The number of phosphoric acid groups is 1. The van der Waals surface area contributed by atoms with Crippen LogP contribution in [-0.2, 0) is 20.0 Å². The maximum atomic E-state index is 11.6. The lowest BCUT2D eigenvalue weighted by molar-refractivity contribution is 0.120. The quantitative estimate of drug-likeness (QED) is 0.491. The topological polar surface area (TPSA) is 76.0 Å². The zero-order valence-corrected chi connectivity index (χ0v) is 16.2. The van der Waals surface area contributed by atoms with Crippen LogP contribution in [0.4, 0.5) is 0 Å². The molecule has 142 valence electrons. The van der Waals surface area contributed by atoms with Crippen molar-refractivity contribution in [1.82, 2.24) is 0 Å². The number of benzene rings is 1. The van der Waals surface area contributed by atoms with E-state index in [4.69, 9.17) is 9.05 Å². The Morgan fingerprint density at radius 3 is 2.54 bits per heavy atom. The lowest BCUT2D eigenvalue weighted by Gasteiger charge is -2.14. The number of allylic oxidation sites excluding steroid dienone is 4. The van der Waals surface area contributed by atoms with Crippen molar-refractivity contribution in [3.05, 3.63) is 65.3 Å². The molecule has 0 bridgehead atoms. The van der Waals surface area contributed by atoms with Crippen molar-refractivity contribution in [2.45, 2.75) is 39.2 Å². The highest BCUT2D eigenvalue weighted by Gasteiger charge is 2.22. The van der Waals surface area contributed by atoms with Crippen LogP contribution in [0.15, 0.2) is 54.1 Å². The van der Waals surface area contributed by atoms with E-state index in [1.54, 1.807) is 13.8 Å². The molecule has 5 nitrogen and oxygen atoms in total. The monoisotopic (exact) mass is 378 g/mol. The van der Waals surface area contributed by atoms with Gasteiger partial charge in [0.15, 0.2) is 0 Å². The molecule has 6 heteroatoms. The molecular formula is C20H27O5P. The molecule has 1 aromatic carbocycles. The average Bonchev–Trinajstić information content (AvgIpc) is 2.84. The minimum atomic E-state index is -3.95. The van der Waals surface area contributed by atoms with Gasteiger partial charge in [-0.3, -0.25) is 9.05 Å². The minimum absolute atomic E-state index is 0.0572. The summed E-state index contributed by atoms with van der Waals surface area (Å²) in [6.07, 6.45) is 9.95. The molecule has 0 radical (unpaired) electrons. The van der Waals surface area contributed by atoms with Crippen molar-refractivity contribution in [2.75, 3.05) is 13.2 Å². The molecule has 2 rings (SSSR count). The summed E-state index contributed by atoms with van der Waals surface area (Å²) in [6, 6.07) is 8.24. The summed E-state index contributed by atoms with van der Waals surface area (Å²) < 4.78 is 21.4. The molecule has 26 heavy (non-hydrogen) atoms. The maximum absolute atomic E-state index is 11.6. The third-order valence-corrected chi connectivity index (χ3v) is 5.07. The zero-order chi connectivity index (χ0) is 19.0.